The van der Waals surface area contributed by atoms with Crippen LogP contribution in [0.5, 0.6) is 0 Å². The molecule has 0 atom stereocenters. The predicted octanol–water partition coefficient (Wildman–Crippen LogP) is 9.33. The molecule has 3 heterocycles. The van der Waals surface area contributed by atoms with Crippen LogP contribution < -0.4 is 4.90 Å². The van der Waals surface area contributed by atoms with Crippen molar-refractivity contribution in [2.24, 2.45) is 0 Å². The third-order valence-electron chi connectivity index (χ3n) is 8.01. The van der Waals surface area contributed by atoms with E-state index in [-0.39, 0.29) is 5.41 Å². The van der Waals surface area contributed by atoms with E-state index < -0.39 is 0 Å². The highest BCUT2D eigenvalue weighted by molar-refractivity contribution is 7.99. The first-order valence-corrected chi connectivity index (χ1v) is 14.3. The van der Waals surface area contributed by atoms with E-state index in [0.29, 0.717) is 0 Å². The lowest BCUT2D eigenvalue weighted by molar-refractivity contribution is 0.338. The summed E-state index contributed by atoms with van der Waals surface area (Å²) in [5.41, 5.74) is 8.24. The van der Waals surface area contributed by atoms with E-state index in [4.69, 9.17) is 4.98 Å². The minimum Gasteiger partial charge on any atom is -0.308 e. The van der Waals surface area contributed by atoms with E-state index in [0.717, 1.165) is 29.8 Å². The zero-order chi connectivity index (χ0) is 25.4. The summed E-state index contributed by atoms with van der Waals surface area (Å²) in [5.74, 6) is 0. The molecule has 3 nitrogen and oxygen atoms in total. The number of pyridine rings is 2. The molecule has 1 saturated carbocycles. The van der Waals surface area contributed by atoms with Crippen molar-refractivity contribution in [3.63, 3.8) is 0 Å². The zero-order valence-electron chi connectivity index (χ0n) is 21.3. The van der Waals surface area contributed by atoms with Crippen LogP contribution in [0, 0.1) is 0 Å². The summed E-state index contributed by atoms with van der Waals surface area (Å²) >= 11 is 1.86. The monoisotopic (exact) mass is 511 g/mol. The predicted molar refractivity (Wildman–Crippen MR) is 157 cm³/mol. The van der Waals surface area contributed by atoms with E-state index in [1.807, 2.05) is 42.4 Å². The second kappa shape index (κ2) is 9.77. The van der Waals surface area contributed by atoms with Crippen LogP contribution >= 0.6 is 11.8 Å². The van der Waals surface area contributed by atoms with Crippen molar-refractivity contribution in [3.05, 3.63) is 127 Å². The van der Waals surface area contributed by atoms with Crippen LogP contribution in [0.15, 0.2) is 125 Å². The second-order valence-corrected chi connectivity index (χ2v) is 11.3. The number of aromatic nitrogens is 2. The molecule has 5 aromatic rings. The molecule has 1 aliphatic carbocycles. The fourth-order valence-electron chi connectivity index (χ4n) is 6.16. The average molecular weight is 512 g/mol. The molecular weight excluding hydrogens is 482 g/mol. The van der Waals surface area contributed by atoms with Gasteiger partial charge in [-0.3, -0.25) is 9.97 Å². The maximum atomic E-state index is 4.90. The average Bonchev–Trinajstić information content (AvgIpc) is 3.01. The summed E-state index contributed by atoms with van der Waals surface area (Å²) in [6.07, 6.45) is 9.87. The fourth-order valence-corrected chi connectivity index (χ4v) is 7.20. The molecule has 1 aliphatic heterocycles. The Balaban J connectivity index is 1.40. The largest absolute Gasteiger partial charge is 0.308 e. The Bertz CT molecular complexity index is 1580. The van der Waals surface area contributed by atoms with Crippen molar-refractivity contribution in [1.29, 1.82) is 0 Å². The van der Waals surface area contributed by atoms with Crippen LogP contribution in [0.2, 0.25) is 0 Å². The highest BCUT2D eigenvalue weighted by Crippen LogP contribution is 2.54. The lowest BCUT2D eigenvalue weighted by Crippen LogP contribution is -2.31. The molecule has 186 valence electrons. The van der Waals surface area contributed by atoms with Crippen molar-refractivity contribution in [1.82, 2.24) is 9.97 Å². The number of rotatable bonds is 4. The molecule has 3 aromatic carbocycles. The molecule has 0 saturated heterocycles. The third kappa shape index (κ3) is 4.00. The summed E-state index contributed by atoms with van der Waals surface area (Å²) in [4.78, 5) is 14.5. The highest BCUT2D eigenvalue weighted by atomic mass is 32.2. The fraction of sp³-hybridized carbons (Fsp3) is 0.176. The van der Waals surface area contributed by atoms with Crippen molar-refractivity contribution in [2.75, 3.05) is 4.90 Å². The molecule has 0 unspecified atom stereocenters. The van der Waals surface area contributed by atoms with Gasteiger partial charge in [0.05, 0.1) is 22.8 Å². The number of nitrogens with zero attached hydrogens (tertiary/aromatic N) is 3. The number of anilines is 3. The molecule has 4 heteroatoms. The van der Waals surface area contributed by atoms with Gasteiger partial charge in [0, 0.05) is 38.9 Å². The summed E-state index contributed by atoms with van der Waals surface area (Å²) in [5, 5.41) is 0. The minimum atomic E-state index is -0.0440. The molecule has 0 spiro atoms. The Morgan fingerprint density at radius 3 is 2.24 bits per heavy atom. The molecule has 0 radical (unpaired) electrons. The Labute approximate surface area is 228 Å². The highest BCUT2D eigenvalue weighted by Gasteiger charge is 2.38. The van der Waals surface area contributed by atoms with Gasteiger partial charge < -0.3 is 4.90 Å². The first-order chi connectivity index (χ1) is 18.8. The second-order valence-electron chi connectivity index (χ2n) is 10.2. The molecule has 2 aromatic heterocycles. The number of benzene rings is 3. The molecule has 0 bridgehead atoms. The van der Waals surface area contributed by atoms with Crippen molar-refractivity contribution >= 4 is 28.8 Å². The molecule has 7 rings (SSSR count). The summed E-state index contributed by atoms with van der Waals surface area (Å²) < 4.78 is 0. The minimum absolute atomic E-state index is 0.0440. The summed E-state index contributed by atoms with van der Waals surface area (Å²) in [6, 6.07) is 37.1. The van der Waals surface area contributed by atoms with Crippen molar-refractivity contribution in [2.45, 2.75) is 47.3 Å². The molecule has 0 N–H and O–H groups in total. The van der Waals surface area contributed by atoms with Gasteiger partial charge in [0.25, 0.3) is 0 Å². The van der Waals surface area contributed by atoms with Gasteiger partial charge in [-0.15, -0.1) is 0 Å². The van der Waals surface area contributed by atoms with E-state index in [2.05, 4.69) is 94.8 Å². The standard InChI is InChI=1S/C34H29N3S/c1-6-19-34(20-7-1,33-16-5-9-22-36-33)26-17-18-32-30(24-26)37(29-14-2-3-15-31(29)38-32)27-12-10-11-25(23-27)28-13-4-8-21-35-28/h2-5,8-18,21-24H,1,6-7,19-20H2. The molecule has 1 fully saturated rings. The van der Waals surface area contributed by atoms with Crippen LogP contribution in [0.25, 0.3) is 11.3 Å². The van der Waals surface area contributed by atoms with Gasteiger partial charge in [-0.1, -0.05) is 73.5 Å². The topological polar surface area (TPSA) is 29.0 Å². The van der Waals surface area contributed by atoms with Crippen LogP contribution in [0.3, 0.4) is 0 Å². The number of para-hydroxylation sites is 1. The van der Waals surface area contributed by atoms with Crippen LogP contribution in [0.1, 0.15) is 43.4 Å². The summed E-state index contributed by atoms with van der Waals surface area (Å²) in [7, 11) is 0. The number of fused-ring (bicyclic) bond motifs is 2. The molecule has 0 amide bonds. The van der Waals surface area contributed by atoms with E-state index in [9.17, 15) is 0 Å². The van der Waals surface area contributed by atoms with E-state index in [1.54, 1.807) is 0 Å². The van der Waals surface area contributed by atoms with Crippen LogP contribution in [0.4, 0.5) is 17.1 Å². The van der Waals surface area contributed by atoms with Gasteiger partial charge in [-0.25, -0.2) is 0 Å². The Morgan fingerprint density at radius 2 is 1.42 bits per heavy atom. The van der Waals surface area contributed by atoms with Gasteiger partial charge in [-0.05, 0) is 79.1 Å². The van der Waals surface area contributed by atoms with Crippen LogP contribution in [-0.4, -0.2) is 9.97 Å². The van der Waals surface area contributed by atoms with Gasteiger partial charge in [0.15, 0.2) is 0 Å². The van der Waals surface area contributed by atoms with E-state index >= 15 is 0 Å². The quantitative estimate of drug-likeness (QED) is 0.236. The first kappa shape index (κ1) is 23.2. The number of hydrogen-bond acceptors (Lipinski definition) is 4. The lowest BCUT2D eigenvalue weighted by Gasteiger charge is -2.39. The zero-order valence-corrected chi connectivity index (χ0v) is 22.1. The number of hydrogen-bond donors (Lipinski definition) is 0. The van der Waals surface area contributed by atoms with E-state index in [1.165, 1.54) is 51.7 Å². The molecule has 2 aliphatic rings. The van der Waals surface area contributed by atoms with Gasteiger partial charge in [0.1, 0.15) is 0 Å². The van der Waals surface area contributed by atoms with Gasteiger partial charge >= 0.3 is 0 Å². The van der Waals surface area contributed by atoms with Crippen LogP contribution in [-0.2, 0) is 5.41 Å². The Kier molecular flexibility index (Phi) is 5.98. The molecular formula is C34H29N3S. The third-order valence-corrected chi connectivity index (χ3v) is 9.14. The SMILES string of the molecule is c1ccc(-c2cccc(N3c4ccccc4Sc4ccc(C5(c6ccccn6)CCCCC5)cc43)c2)nc1. The Hall–Kier alpha value is -3.89. The first-order valence-electron chi connectivity index (χ1n) is 13.5. The molecule has 38 heavy (non-hydrogen) atoms. The lowest BCUT2D eigenvalue weighted by atomic mass is 9.67. The van der Waals surface area contributed by atoms with Gasteiger partial charge in [0.2, 0.25) is 0 Å². The van der Waals surface area contributed by atoms with Gasteiger partial charge in [-0.2, -0.15) is 0 Å². The maximum absolute atomic E-state index is 4.90. The Morgan fingerprint density at radius 1 is 0.632 bits per heavy atom. The summed E-state index contributed by atoms with van der Waals surface area (Å²) in [6.45, 7) is 0. The van der Waals surface area contributed by atoms with Crippen molar-refractivity contribution < 1.29 is 0 Å². The smallest absolute Gasteiger partial charge is 0.0702 e. The maximum Gasteiger partial charge on any atom is 0.0702 e. The van der Waals surface area contributed by atoms with Crippen molar-refractivity contribution in [3.8, 4) is 11.3 Å². The normalized spacial score (nSPS) is 15.9.